The van der Waals surface area contributed by atoms with Gasteiger partial charge in [0.15, 0.2) is 0 Å². The van der Waals surface area contributed by atoms with Crippen molar-refractivity contribution in [2.75, 3.05) is 4.90 Å². The Morgan fingerprint density at radius 3 is 1.74 bits per heavy atom. The zero-order valence-corrected chi connectivity index (χ0v) is 10.6. The number of nitrogens with zero attached hydrogens (tertiary/aromatic N) is 1. The first-order valence-corrected chi connectivity index (χ1v) is 6.39. The highest BCUT2D eigenvalue weighted by molar-refractivity contribution is 6.05. The number of carbonyl (C=O) groups excluding carboxylic acids is 1. The first-order chi connectivity index (χ1) is 9.27. The lowest BCUT2D eigenvalue weighted by Gasteiger charge is -2.22. The van der Waals surface area contributed by atoms with Gasteiger partial charge in [0, 0.05) is 11.4 Å². The lowest BCUT2D eigenvalue weighted by Crippen LogP contribution is -2.27. The molecular formula is C17H15NO. The molecule has 1 amide bonds. The number of anilines is 2. The minimum atomic E-state index is -0.0135. The summed E-state index contributed by atoms with van der Waals surface area (Å²) in [6, 6.07) is 19.5. The van der Waals surface area contributed by atoms with E-state index < -0.39 is 0 Å². The molecule has 0 spiro atoms. The minimum Gasteiger partial charge on any atom is -0.281 e. The molecule has 1 fully saturated rings. The van der Waals surface area contributed by atoms with Crippen molar-refractivity contribution in [3.8, 4) is 0 Å². The van der Waals surface area contributed by atoms with Gasteiger partial charge in [-0.15, -0.1) is 0 Å². The number of carbonyl (C=O) groups is 1. The van der Waals surface area contributed by atoms with Crippen LogP contribution in [0.5, 0.6) is 0 Å². The van der Waals surface area contributed by atoms with Gasteiger partial charge < -0.3 is 0 Å². The Hall–Kier alpha value is -2.35. The third-order valence-electron chi connectivity index (χ3n) is 3.35. The Kier molecular flexibility index (Phi) is 2.92. The van der Waals surface area contributed by atoms with Crippen molar-refractivity contribution in [3.05, 3.63) is 72.8 Å². The Labute approximate surface area is 113 Å². The van der Waals surface area contributed by atoms with Gasteiger partial charge in [0.1, 0.15) is 0 Å². The van der Waals surface area contributed by atoms with Crippen LogP contribution in [0.2, 0.25) is 0 Å². The van der Waals surface area contributed by atoms with Gasteiger partial charge in [0.25, 0.3) is 0 Å². The van der Waals surface area contributed by atoms with Crippen molar-refractivity contribution in [3.63, 3.8) is 0 Å². The van der Waals surface area contributed by atoms with Gasteiger partial charge in [0.05, 0.1) is 5.92 Å². The largest absolute Gasteiger partial charge is 0.281 e. The van der Waals surface area contributed by atoms with Gasteiger partial charge in [-0.05, 0) is 30.7 Å². The summed E-state index contributed by atoms with van der Waals surface area (Å²) in [7, 11) is 0. The molecule has 0 aliphatic heterocycles. The number of hydrogen-bond acceptors (Lipinski definition) is 1. The van der Waals surface area contributed by atoms with E-state index in [2.05, 4.69) is 6.58 Å². The zero-order valence-electron chi connectivity index (χ0n) is 10.6. The van der Waals surface area contributed by atoms with Crippen molar-refractivity contribution in [1.29, 1.82) is 0 Å². The monoisotopic (exact) mass is 249 g/mol. The second-order valence-electron chi connectivity index (χ2n) is 4.76. The number of hydrogen-bond donors (Lipinski definition) is 0. The van der Waals surface area contributed by atoms with Crippen LogP contribution in [0.25, 0.3) is 0 Å². The first-order valence-electron chi connectivity index (χ1n) is 6.39. The van der Waals surface area contributed by atoms with Crippen LogP contribution in [0.15, 0.2) is 72.8 Å². The molecule has 2 aromatic rings. The van der Waals surface area contributed by atoms with Gasteiger partial charge in [-0.3, -0.25) is 9.69 Å². The molecule has 3 rings (SSSR count). The average molecular weight is 249 g/mol. The summed E-state index contributed by atoms with van der Waals surface area (Å²) < 4.78 is 0. The molecule has 0 saturated heterocycles. The zero-order chi connectivity index (χ0) is 13.2. The third-order valence-corrected chi connectivity index (χ3v) is 3.35. The summed E-state index contributed by atoms with van der Waals surface area (Å²) in [6.07, 6.45) is 0.814. The number of amides is 1. The summed E-state index contributed by atoms with van der Waals surface area (Å²) in [6.45, 7) is 3.89. The van der Waals surface area contributed by atoms with Gasteiger partial charge in [0.2, 0.25) is 5.91 Å². The van der Waals surface area contributed by atoms with Gasteiger partial charge >= 0.3 is 0 Å². The van der Waals surface area contributed by atoms with E-state index in [0.717, 1.165) is 23.4 Å². The fourth-order valence-corrected chi connectivity index (χ4v) is 2.18. The van der Waals surface area contributed by atoms with E-state index in [9.17, 15) is 4.79 Å². The maximum absolute atomic E-state index is 12.6. The van der Waals surface area contributed by atoms with Gasteiger partial charge in [-0.25, -0.2) is 0 Å². The van der Waals surface area contributed by atoms with E-state index in [1.54, 1.807) is 4.90 Å². The molecule has 2 nitrogen and oxygen atoms in total. The van der Waals surface area contributed by atoms with Crippen molar-refractivity contribution < 1.29 is 4.79 Å². The van der Waals surface area contributed by atoms with Crippen molar-refractivity contribution >= 4 is 17.3 Å². The summed E-state index contributed by atoms with van der Waals surface area (Å²) in [5.74, 6) is 0.0998. The number of benzene rings is 2. The van der Waals surface area contributed by atoms with Crippen molar-refractivity contribution in [2.24, 2.45) is 5.92 Å². The topological polar surface area (TPSA) is 20.3 Å². The second-order valence-corrected chi connectivity index (χ2v) is 4.76. The SMILES string of the molecule is C=C1CC1C(=O)N(c1ccccc1)c1ccccc1. The summed E-state index contributed by atoms with van der Waals surface area (Å²) in [5.41, 5.74) is 2.83. The van der Waals surface area contributed by atoms with E-state index in [1.807, 2.05) is 60.7 Å². The van der Waals surface area contributed by atoms with E-state index in [0.29, 0.717) is 0 Å². The maximum atomic E-state index is 12.6. The van der Waals surface area contributed by atoms with Crippen LogP contribution < -0.4 is 4.90 Å². The Bertz CT molecular complexity index is 564. The highest BCUT2D eigenvalue weighted by Gasteiger charge is 2.38. The highest BCUT2D eigenvalue weighted by atomic mass is 16.2. The number of rotatable bonds is 3. The van der Waals surface area contributed by atoms with Crippen LogP contribution in [0, 0.1) is 5.92 Å². The Morgan fingerprint density at radius 1 is 0.947 bits per heavy atom. The normalized spacial score (nSPS) is 17.1. The van der Waals surface area contributed by atoms with Crippen LogP contribution >= 0.6 is 0 Å². The Balaban J connectivity index is 2.01. The van der Waals surface area contributed by atoms with Crippen LogP contribution in [-0.2, 0) is 4.79 Å². The van der Waals surface area contributed by atoms with E-state index >= 15 is 0 Å². The summed E-state index contributed by atoms with van der Waals surface area (Å²) >= 11 is 0. The van der Waals surface area contributed by atoms with Gasteiger partial charge in [-0.2, -0.15) is 0 Å². The second kappa shape index (κ2) is 4.73. The smallest absolute Gasteiger partial charge is 0.239 e. The summed E-state index contributed by atoms with van der Waals surface area (Å²) in [4.78, 5) is 14.4. The molecule has 1 aliphatic carbocycles. The van der Waals surface area contributed by atoms with Crippen LogP contribution in [0.3, 0.4) is 0 Å². The molecule has 19 heavy (non-hydrogen) atoms. The van der Waals surface area contributed by atoms with Crippen molar-refractivity contribution in [2.45, 2.75) is 6.42 Å². The minimum absolute atomic E-state index is 0.0135. The lowest BCUT2D eigenvalue weighted by molar-refractivity contribution is -0.118. The van der Waals surface area contributed by atoms with Crippen LogP contribution in [0.4, 0.5) is 11.4 Å². The molecule has 1 saturated carbocycles. The molecule has 0 radical (unpaired) electrons. The quantitative estimate of drug-likeness (QED) is 0.755. The molecule has 1 unspecified atom stereocenters. The molecule has 1 atom stereocenters. The molecule has 0 bridgehead atoms. The molecule has 0 N–H and O–H groups in total. The predicted octanol–water partition coefficient (Wildman–Crippen LogP) is 3.93. The molecule has 0 heterocycles. The highest BCUT2D eigenvalue weighted by Crippen LogP contribution is 2.40. The predicted molar refractivity (Wildman–Crippen MR) is 77.3 cm³/mol. The fourth-order valence-electron chi connectivity index (χ4n) is 2.18. The average Bonchev–Trinajstić information content (AvgIpc) is 3.19. The summed E-state index contributed by atoms with van der Waals surface area (Å²) in [5, 5.41) is 0. The van der Waals surface area contributed by atoms with Gasteiger partial charge in [-0.1, -0.05) is 48.6 Å². The molecule has 2 aromatic carbocycles. The van der Waals surface area contributed by atoms with E-state index in [1.165, 1.54) is 0 Å². The maximum Gasteiger partial charge on any atom is 0.239 e. The van der Waals surface area contributed by atoms with Crippen LogP contribution in [-0.4, -0.2) is 5.91 Å². The number of para-hydroxylation sites is 2. The third kappa shape index (κ3) is 2.29. The van der Waals surface area contributed by atoms with E-state index in [4.69, 9.17) is 0 Å². The molecule has 1 aliphatic rings. The standard InChI is InChI=1S/C17H15NO/c1-13-12-16(13)17(19)18(14-8-4-2-5-9-14)15-10-6-3-7-11-15/h2-11,16H,1,12H2. The van der Waals surface area contributed by atoms with E-state index in [-0.39, 0.29) is 11.8 Å². The first kappa shape index (κ1) is 11.7. The molecule has 94 valence electrons. The molecule has 0 aromatic heterocycles. The van der Waals surface area contributed by atoms with Crippen LogP contribution in [0.1, 0.15) is 6.42 Å². The fraction of sp³-hybridized carbons (Fsp3) is 0.118. The lowest BCUT2D eigenvalue weighted by atomic mass is 10.2. The molecular weight excluding hydrogens is 234 g/mol. The molecule has 2 heteroatoms. The van der Waals surface area contributed by atoms with Crippen molar-refractivity contribution in [1.82, 2.24) is 0 Å². The Morgan fingerprint density at radius 2 is 1.37 bits per heavy atom.